The lowest BCUT2D eigenvalue weighted by atomic mass is 10.1. The summed E-state index contributed by atoms with van der Waals surface area (Å²) in [4.78, 5) is 28.3. The summed E-state index contributed by atoms with van der Waals surface area (Å²) in [7, 11) is -4.13. The minimum atomic E-state index is -4.13. The first kappa shape index (κ1) is 29.7. The number of benzene rings is 3. The first-order valence-electron chi connectivity index (χ1n) is 13.0. The number of ether oxygens (including phenoxy) is 1. The summed E-state index contributed by atoms with van der Waals surface area (Å²) in [5.74, 6) is -0.263. The first-order valence-corrected chi connectivity index (χ1v) is 14.4. The quantitative estimate of drug-likeness (QED) is 0.357. The Balaban J connectivity index is 1.99. The smallest absolute Gasteiger partial charge is 0.264 e. The normalized spacial score (nSPS) is 12.1. The topological polar surface area (TPSA) is 96.0 Å². The predicted octanol–water partition coefficient (Wildman–Crippen LogP) is 4.53. The number of carbonyl (C=O) groups excluding carboxylic acids is 2. The van der Waals surface area contributed by atoms with E-state index in [4.69, 9.17) is 4.74 Å². The second-order valence-corrected chi connectivity index (χ2v) is 11.5. The summed E-state index contributed by atoms with van der Waals surface area (Å²) < 4.78 is 34.2. The van der Waals surface area contributed by atoms with Crippen molar-refractivity contribution in [2.45, 2.75) is 58.1 Å². The Morgan fingerprint density at radius 3 is 2.18 bits per heavy atom. The molecule has 0 saturated carbocycles. The van der Waals surface area contributed by atoms with Crippen molar-refractivity contribution >= 4 is 27.5 Å². The van der Waals surface area contributed by atoms with E-state index < -0.39 is 28.5 Å². The van der Waals surface area contributed by atoms with Crippen LogP contribution >= 0.6 is 0 Å². The molecule has 0 radical (unpaired) electrons. The summed E-state index contributed by atoms with van der Waals surface area (Å²) in [5.41, 5.74) is 2.20. The number of rotatable bonds is 12. The number of sulfonamides is 1. The van der Waals surface area contributed by atoms with Crippen LogP contribution in [-0.4, -0.2) is 50.4 Å². The van der Waals surface area contributed by atoms with Gasteiger partial charge in [0.2, 0.25) is 11.8 Å². The minimum Gasteiger partial charge on any atom is -0.494 e. The largest absolute Gasteiger partial charge is 0.494 e. The van der Waals surface area contributed by atoms with Gasteiger partial charge in [-0.2, -0.15) is 0 Å². The molecule has 0 saturated heterocycles. The zero-order valence-electron chi connectivity index (χ0n) is 23.1. The molecule has 0 aliphatic heterocycles. The molecule has 0 heterocycles. The number of para-hydroxylation sites is 1. The van der Waals surface area contributed by atoms with Gasteiger partial charge in [0, 0.05) is 12.6 Å². The van der Waals surface area contributed by atoms with Crippen molar-refractivity contribution in [3.63, 3.8) is 0 Å². The molecule has 1 N–H and O–H groups in total. The van der Waals surface area contributed by atoms with E-state index >= 15 is 0 Å². The van der Waals surface area contributed by atoms with Gasteiger partial charge in [-0.05, 0) is 76.6 Å². The third kappa shape index (κ3) is 7.83. The molecule has 208 valence electrons. The van der Waals surface area contributed by atoms with Crippen molar-refractivity contribution in [1.82, 2.24) is 10.2 Å². The average molecular weight is 552 g/mol. The highest BCUT2D eigenvalue weighted by Crippen LogP contribution is 2.26. The lowest BCUT2D eigenvalue weighted by Gasteiger charge is -2.32. The zero-order chi connectivity index (χ0) is 28.6. The Hall–Kier alpha value is -3.85. The molecular weight excluding hydrogens is 514 g/mol. The summed E-state index contributed by atoms with van der Waals surface area (Å²) in [5, 5.41) is 2.86. The molecule has 3 aromatic rings. The number of nitrogens with zero attached hydrogens (tertiary/aromatic N) is 2. The number of hydrogen-bond acceptors (Lipinski definition) is 5. The van der Waals surface area contributed by atoms with Crippen molar-refractivity contribution in [3.05, 3.63) is 90.0 Å². The van der Waals surface area contributed by atoms with Gasteiger partial charge in [-0.3, -0.25) is 13.9 Å². The molecule has 8 nitrogen and oxygen atoms in total. The van der Waals surface area contributed by atoms with Crippen molar-refractivity contribution in [2.24, 2.45) is 0 Å². The molecule has 0 spiro atoms. The molecule has 0 aromatic heterocycles. The van der Waals surface area contributed by atoms with Crippen LogP contribution in [0.25, 0.3) is 0 Å². The van der Waals surface area contributed by atoms with Crippen LogP contribution < -0.4 is 14.4 Å². The fourth-order valence-corrected chi connectivity index (χ4v) is 5.53. The molecule has 0 aliphatic carbocycles. The summed E-state index contributed by atoms with van der Waals surface area (Å²) in [6, 6.07) is 21.3. The van der Waals surface area contributed by atoms with E-state index in [0.717, 1.165) is 15.4 Å². The molecule has 0 bridgehead atoms. The van der Waals surface area contributed by atoms with Crippen LogP contribution in [0.15, 0.2) is 83.8 Å². The van der Waals surface area contributed by atoms with E-state index in [1.165, 1.54) is 17.0 Å². The lowest BCUT2D eigenvalue weighted by molar-refractivity contribution is -0.139. The van der Waals surface area contributed by atoms with Gasteiger partial charge in [0.1, 0.15) is 18.3 Å². The molecule has 39 heavy (non-hydrogen) atoms. The number of aryl methyl sites for hydroxylation is 1. The summed E-state index contributed by atoms with van der Waals surface area (Å²) >= 11 is 0. The van der Waals surface area contributed by atoms with E-state index in [2.05, 4.69) is 5.32 Å². The van der Waals surface area contributed by atoms with E-state index in [1.807, 2.05) is 52.0 Å². The van der Waals surface area contributed by atoms with Gasteiger partial charge < -0.3 is 15.0 Å². The van der Waals surface area contributed by atoms with Gasteiger partial charge in [0.15, 0.2) is 0 Å². The van der Waals surface area contributed by atoms with Crippen LogP contribution in [0.4, 0.5) is 5.69 Å². The standard InChI is InChI=1S/C30H37N3O5S/c1-6-38-27-15-17-28(18-16-27)39(36,37)33(26-13-8-7-9-14-26)21-29(34)32(24(5)30(35)31-22(2)3)20-25-12-10-11-23(4)19-25/h7-19,22,24H,6,20-21H2,1-5H3,(H,31,35)/t24-/m1/s1. The highest BCUT2D eigenvalue weighted by atomic mass is 32.2. The molecule has 3 aromatic carbocycles. The highest BCUT2D eigenvalue weighted by Gasteiger charge is 2.32. The van der Waals surface area contributed by atoms with Gasteiger partial charge in [-0.25, -0.2) is 8.42 Å². The maximum absolute atomic E-state index is 13.9. The van der Waals surface area contributed by atoms with E-state index in [1.54, 1.807) is 49.4 Å². The van der Waals surface area contributed by atoms with Crippen molar-refractivity contribution in [1.29, 1.82) is 0 Å². The Kier molecular flexibility index (Phi) is 10.1. The summed E-state index contributed by atoms with van der Waals surface area (Å²) in [6.45, 7) is 9.26. The van der Waals surface area contributed by atoms with Gasteiger partial charge in [0.25, 0.3) is 10.0 Å². The third-order valence-corrected chi connectivity index (χ3v) is 7.87. The second kappa shape index (κ2) is 13.3. The Bertz CT molecular complexity index is 1360. The van der Waals surface area contributed by atoms with Gasteiger partial charge in [-0.15, -0.1) is 0 Å². The molecule has 0 aliphatic rings. The predicted molar refractivity (Wildman–Crippen MR) is 153 cm³/mol. The van der Waals surface area contributed by atoms with E-state index in [9.17, 15) is 18.0 Å². The highest BCUT2D eigenvalue weighted by molar-refractivity contribution is 7.92. The SMILES string of the molecule is CCOc1ccc(S(=O)(=O)N(CC(=O)N(Cc2cccc(C)c2)[C@H](C)C(=O)NC(C)C)c2ccccc2)cc1. The van der Waals surface area contributed by atoms with Crippen molar-refractivity contribution in [3.8, 4) is 5.75 Å². The van der Waals surface area contributed by atoms with Gasteiger partial charge in [0.05, 0.1) is 17.2 Å². The fraction of sp³-hybridized carbons (Fsp3) is 0.333. The maximum atomic E-state index is 13.9. The number of nitrogens with one attached hydrogen (secondary N) is 1. The molecule has 9 heteroatoms. The Morgan fingerprint density at radius 2 is 1.59 bits per heavy atom. The molecule has 3 rings (SSSR count). The van der Waals surface area contributed by atoms with Crippen LogP contribution in [0.5, 0.6) is 5.75 Å². The van der Waals surface area contributed by atoms with Crippen molar-refractivity contribution < 1.29 is 22.7 Å². The average Bonchev–Trinajstić information content (AvgIpc) is 2.90. The Morgan fingerprint density at radius 1 is 0.923 bits per heavy atom. The monoisotopic (exact) mass is 551 g/mol. The molecule has 1 atom stereocenters. The molecular formula is C30H37N3O5S. The first-order chi connectivity index (χ1) is 18.5. The van der Waals surface area contributed by atoms with Crippen LogP contribution in [-0.2, 0) is 26.2 Å². The van der Waals surface area contributed by atoms with Crippen LogP contribution in [0.3, 0.4) is 0 Å². The van der Waals surface area contributed by atoms with Crippen LogP contribution in [0.2, 0.25) is 0 Å². The van der Waals surface area contributed by atoms with Gasteiger partial charge >= 0.3 is 0 Å². The van der Waals surface area contributed by atoms with E-state index in [-0.39, 0.29) is 23.4 Å². The Labute approximate surface area is 231 Å². The zero-order valence-corrected chi connectivity index (χ0v) is 23.9. The molecule has 2 amide bonds. The van der Waals surface area contributed by atoms with E-state index in [0.29, 0.717) is 18.0 Å². The number of amides is 2. The second-order valence-electron chi connectivity index (χ2n) is 9.60. The van der Waals surface area contributed by atoms with Crippen molar-refractivity contribution in [2.75, 3.05) is 17.5 Å². The fourth-order valence-electron chi connectivity index (χ4n) is 4.12. The van der Waals surface area contributed by atoms with Crippen LogP contribution in [0.1, 0.15) is 38.8 Å². The minimum absolute atomic E-state index is 0.0263. The maximum Gasteiger partial charge on any atom is 0.264 e. The number of anilines is 1. The summed E-state index contributed by atoms with van der Waals surface area (Å²) in [6.07, 6.45) is 0. The molecule has 0 fully saturated rings. The number of carbonyl (C=O) groups is 2. The van der Waals surface area contributed by atoms with Gasteiger partial charge in [-0.1, -0.05) is 48.0 Å². The van der Waals surface area contributed by atoms with Crippen LogP contribution in [0, 0.1) is 6.92 Å². The number of hydrogen-bond donors (Lipinski definition) is 1. The molecule has 0 unspecified atom stereocenters. The third-order valence-electron chi connectivity index (χ3n) is 6.08. The lowest BCUT2D eigenvalue weighted by Crippen LogP contribution is -2.52.